The molecule has 0 saturated carbocycles. The summed E-state index contributed by atoms with van der Waals surface area (Å²) < 4.78 is 6.12. The minimum atomic E-state index is -0.258. The maximum absolute atomic E-state index is 12.5. The summed E-state index contributed by atoms with van der Waals surface area (Å²) in [6, 6.07) is 35.6. The highest BCUT2D eigenvalue weighted by Gasteiger charge is 2.07. The number of hydrazone groups is 1. The fraction of sp³-hybridized carbons (Fsp3) is 0.0345. The van der Waals surface area contributed by atoms with Crippen LogP contribution in [-0.2, 0) is 6.61 Å². The Hall–Kier alpha value is -4.44. The second-order valence-electron chi connectivity index (χ2n) is 7.73. The van der Waals surface area contributed by atoms with E-state index < -0.39 is 0 Å². The van der Waals surface area contributed by atoms with E-state index in [1.54, 1.807) is 12.3 Å². The molecule has 0 radical (unpaired) electrons. The molecule has 4 nitrogen and oxygen atoms in total. The van der Waals surface area contributed by atoms with Crippen LogP contribution in [0.3, 0.4) is 0 Å². The molecule has 0 bridgehead atoms. The summed E-state index contributed by atoms with van der Waals surface area (Å²) in [7, 11) is 0. The molecule has 0 aliphatic rings. The van der Waals surface area contributed by atoms with Gasteiger partial charge in [-0.1, -0.05) is 84.9 Å². The van der Waals surface area contributed by atoms with E-state index in [-0.39, 0.29) is 5.91 Å². The second kappa shape index (κ2) is 9.37. The lowest BCUT2D eigenvalue weighted by Crippen LogP contribution is -2.17. The summed E-state index contributed by atoms with van der Waals surface area (Å²) in [5.41, 5.74) is 5.08. The zero-order valence-electron chi connectivity index (χ0n) is 17.9. The van der Waals surface area contributed by atoms with Gasteiger partial charge in [-0.15, -0.1) is 0 Å². The van der Waals surface area contributed by atoms with Crippen LogP contribution in [0.2, 0.25) is 0 Å². The molecule has 0 aromatic heterocycles. The van der Waals surface area contributed by atoms with Gasteiger partial charge in [0.05, 0.1) is 6.21 Å². The van der Waals surface area contributed by atoms with Gasteiger partial charge in [-0.05, 0) is 51.4 Å². The molecule has 0 saturated heterocycles. The van der Waals surface area contributed by atoms with E-state index in [0.29, 0.717) is 17.9 Å². The van der Waals surface area contributed by atoms with Gasteiger partial charge in [0.15, 0.2) is 0 Å². The van der Waals surface area contributed by atoms with E-state index in [9.17, 15) is 4.79 Å². The first-order valence-corrected chi connectivity index (χ1v) is 10.8. The SMILES string of the molecule is O=C(N/N=C\c1ccccc1OCc1cccc2ccccc12)c1ccc2ccccc2c1. The van der Waals surface area contributed by atoms with Crippen LogP contribution in [0.1, 0.15) is 21.5 Å². The van der Waals surface area contributed by atoms with Gasteiger partial charge >= 0.3 is 0 Å². The van der Waals surface area contributed by atoms with Crippen LogP contribution < -0.4 is 10.2 Å². The number of rotatable bonds is 6. The van der Waals surface area contributed by atoms with E-state index in [1.165, 1.54) is 10.8 Å². The molecular formula is C29H22N2O2. The van der Waals surface area contributed by atoms with E-state index in [2.05, 4.69) is 34.8 Å². The number of nitrogens with one attached hydrogen (secondary N) is 1. The predicted octanol–water partition coefficient (Wildman–Crippen LogP) is 6.34. The van der Waals surface area contributed by atoms with Crippen LogP contribution in [0.25, 0.3) is 21.5 Å². The first-order valence-electron chi connectivity index (χ1n) is 10.8. The van der Waals surface area contributed by atoms with Gasteiger partial charge < -0.3 is 4.74 Å². The van der Waals surface area contributed by atoms with Gasteiger partial charge in [0.25, 0.3) is 5.91 Å². The largest absolute Gasteiger partial charge is 0.488 e. The standard InChI is InChI=1S/C29H22N2O2/c32-29(24-17-16-21-8-1-2-10-23(21)18-24)31-30-19-25-11-4-6-15-28(25)33-20-26-13-7-12-22-9-3-5-14-27(22)26/h1-19H,20H2,(H,31,32)/b30-19-. The number of ether oxygens (including phenoxy) is 1. The third-order valence-corrected chi connectivity index (χ3v) is 5.56. The highest BCUT2D eigenvalue weighted by molar-refractivity contribution is 5.99. The van der Waals surface area contributed by atoms with Crippen molar-refractivity contribution in [1.29, 1.82) is 0 Å². The van der Waals surface area contributed by atoms with E-state index >= 15 is 0 Å². The van der Waals surface area contributed by atoms with Crippen molar-refractivity contribution in [3.05, 3.63) is 126 Å². The molecule has 33 heavy (non-hydrogen) atoms. The van der Waals surface area contributed by atoms with Gasteiger partial charge in [-0.2, -0.15) is 5.10 Å². The van der Waals surface area contributed by atoms with Crippen molar-refractivity contribution in [3.8, 4) is 5.75 Å². The molecule has 1 amide bonds. The average Bonchev–Trinajstić information content (AvgIpc) is 2.87. The Morgan fingerprint density at radius 3 is 2.39 bits per heavy atom. The summed E-state index contributed by atoms with van der Waals surface area (Å²) in [5, 5.41) is 8.63. The number of benzene rings is 5. The van der Waals surface area contributed by atoms with Gasteiger partial charge in [0, 0.05) is 11.1 Å². The lowest BCUT2D eigenvalue weighted by Gasteiger charge is -2.11. The van der Waals surface area contributed by atoms with Crippen LogP contribution >= 0.6 is 0 Å². The van der Waals surface area contributed by atoms with Crippen LogP contribution in [0.5, 0.6) is 5.75 Å². The highest BCUT2D eigenvalue weighted by atomic mass is 16.5. The van der Waals surface area contributed by atoms with Gasteiger partial charge in [0.2, 0.25) is 0 Å². The van der Waals surface area contributed by atoms with Crippen molar-refractivity contribution >= 4 is 33.7 Å². The molecule has 0 aliphatic heterocycles. The molecule has 0 aliphatic carbocycles. The molecule has 5 rings (SSSR count). The Morgan fingerprint density at radius 2 is 1.48 bits per heavy atom. The molecular weight excluding hydrogens is 408 g/mol. The third-order valence-electron chi connectivity index (χ3n) is 5.56. The monoisotopic (exact) mass is 430 g/mol. The number of carbonyl (C=O) groups excluding carboxylic acids is 1. The van der Waals surface area contributed by atoms with Crippen LogP contribution in [0, 0.1) is 0 Å². The minimum Gasteiger partial charge on any atom is -0.488 e. The Kier molecular flexibility index (Phi) is 5.81. The summed E-state index contributed by atoms with van der Waals surface area (Å²) in [4.78, 5) is 12.5. The fourth-order valence-electron chi connectivity index (χ4n) is 3.85. The third kappa shape index (κ3) is 4.60. The maximum Gasteiger partial charge on any atom is 0.271 e. The number of para-hydroxylation sites is 1. The number of hydrogen-bond donors (Lipinski definition) is 1. The Labute approximate surface area is 192 Å². The summed E-state index contributed by atoms with van der Waals surface area (Å²) in [6.07, 6.45) is 1.61. The zero-order chi connectivity index (χ0) is 22.5. The van der Waals surface area contributed by atoms with Crippen LogP contribution in [0.4, 0.5) is 0 Å². The average molecular weight is 431 g/mol. The molecule has 0 fully saturated rings. The van der Waals surface area contributed by atoms with Crippen molar-refractivity contribution in [1.82, 2.24) is 5.43 Å². The van der Waals surface area contributed by atoms with Crippen molar-refractivity contribution in [2.75, 3.05) is 0 Å². The molecule has 4 heteroatoms. The van der Waals surface area contributed by atoms with E-state index in [4.69, 9.17) is 4.74 Å². The number of fused-ring (bicyclic) bond motifs is 2. The highest BCUT2D eigenvalue weighted by Crippen LogP contribution is 2.22. The topological polar surface area (TPSA) is 50.7 Å². The molecule has 5 aromatic carbocycles. The molecule has 0 atom stereocenters. The fourth-order valence-corrected chi connectivity index (χ4v) is 3.85. The summed E-state index contributed by atoms with van der Waals surface area (Å²) in [6.45, 7) is 0.440. The van der Waals surface area contributed by atoms with Gasteiger partial charge in [0.1, 0.15) is 12.4 Å². The quantitative estimate of drug-likeness (QED) is 0.253. The smallest absolute Gasteiger partial charge is 0.271 e. The predicted molar refractivity (Wildman–Crippen MR) is 134 cm³/mol. The molecule has 0 heterocycles. The molecule has 5 aromatic rings. The lowest BCUT2D eigenvalue weighted by molar-refractivity contribution is 0.0955. The van der Waals surface area contributed by atoms with Crippen LogP contribution in [-0.4, -0.2) is 12.1 Å². The van der Waals surface area contributed by atoms with Crippen molar-refractivity contribution in [3.63, 3.8) is 0 Å². The Balaban J connectivity index is 1.28. The van der Waals surface area contributed by atoms with E-state index in [0.717, 1.165) is 21.9 Å². The van der Waals surface area contributed by atoms with E-state index in [1.807, 2.05) is 78.9 Å². The first-order chi connectivity index (χ1) is 16.3. The molecule has 0 spiro atoms. The maximum atomic E-state index is 12.5. The second-order valence-corrected chi connectivity index (χ2v) is 7.73. The number of amides is 1. The summed E-state index contributed by atoms with van der Waals surface area (Å²) >= 11 is 0. The number of hydrogen-bond acceptors (Lipinski definition) is 3. The summed E-state index contributed by atoms with van der Waals surface area (Å²) in [5.74, 6) is 0.445. The zero-order valence-corrected chi connectivity index (χ0v) is 17.9. The minimum absolute atomic E-state index is 0.258. The van der Waals surface area contributed by atoms with Crippen molar-refractivity contribution < 1.29 is 9.53 Å². The molecule has 160 valence electrons. The Bertz CT molecular complexity index is 1470. The van der Waals surface area contributed by atoms with Crippen LogP contribution in [0.15, 0.2) is 114 Å². The lowest BCUT2D eigenvalue weighted by atomic mass is 10.1. The number of nitrogens with zero attached hydrogens (tertiary/aromatic N) is 1. The van der Waals surface area contributed by atoms with Gasteiger partial charge in [-0.25, -0.2) is 5.43 Å². The number of carbonyl (C=O) groups is 1. The van der Waals surface area contributed by atoms with Gasteiger partial charge in [-0.3, -0.25) is 4.79 Å². The first kappa shape index (κ1) is 20.5. The Morgan fingerprint density at radius 1 is 0.758 bits per heavy atom. The van der Waals surface area contributed by atoms with Crippen molar-refractivity contribution in [2.45, 2.75) is 6.61 Å². The normalized spacial score (nSPS) is 11.2. The molecule has 0 unspecified atom stereocenters. The van der Waals surface area contributed by atoms with Crippen molar-refractivity contribution in [2.24, 2.45) is 5.10 Å². The molecule has 1 N–H and O–H groups in total.